The molecule has 0 aromatic heterocycles. The summed E-state index contributed by atoms with van der Waals surface area (Å²) in [6.07, 6.45) is 0.174. The number of likely N-dealkylation sites (tertiary alicyclic amines) is 1. The van der Waals surface area contributed by atoms with Crippen molar-refractivity contribution in [2.45, 2.75) is 52.2 Å². The maximum absolute atomic E-state index is 12.8. The number of benzene rings is 1. The van der Waals surface area contributed by atoms with Crippen LogP contribution in [0, 0.1) is 12.8 Å². The topological polar surface area (TPSA) is 97.3 Å². The number of nitrogens with one attached hydrogen (secondary N) is 1. The molecule has 8 heteroatoms. The van der Waals surface area contributed by atoms with Gasteiger partial charge in [0.25, 0.3) is 5.91 Å². The van der Waals surface area contributed by atoms with Crippen molar-refractivity contribution in [2.24, 2.45) is 5.92 Å². The molecule has 0 spiro atoms. The molecule has 3 rings (SSSR count). The number of hydrogen-bond acceptors (Lipinski definition) is 6. The lowest BCUT2D eigenvalue weighted by atomic mass is 9.94. The summed E-state index contributed by atoms with van der Waals surface area (Å²) < 4.78 is 16.8. The second-order valence-electron chi connectivity index (χ2n) is 8.94. The zero-order valence-electron chi connectivity index (χ0n) is 18.2. The van der Waals surface area contributed by atoms with E-state index >= 15 is 0 Å². The average Bonchev–Trinajstić information content (AvgIpc) is 2.90. The number of aliphatic hydroxyl groups is 1. The molecule has 2 heterocycles. The molecule has 166 valence electrons. The van der Waals surface area contributed by atoms with E-state index in [-0.39, 0.29) is 18.4 Å². The van der Waals surface area contributed by atoms with Crippen LogP contribution in [0.1, 0.15) is 49.5 Å². The third kappa shape index (κ3) is 5.56. The third-order valence-electron chi connectivity index (χ3n) is 5.13. The molecule has 2 atom stereocenters. The van der Waals surface area contributed by atoms with Crippen molar-refractivity contribution in [2.75, 3.05) is 32.8 Å². The van der Waals surface area contributed by atoms with Crippen LogP contribution in [-0.2, 0) is 4.74 Å². The fraction of sp³-hybridized carbons (Fsp3) is 0.636. The van der Waals surface area contributed by atoms with Crippen LogP contribution in [0.5, 0.6) is 11.5 Å². The van der Waals surface area contributed by atoms with E-state index in [0.29, 0.717) is 49.8 Å². The van der Waals surface area contributed by atoms with E-state index in [1.807, 2.05) is 33.8 Å². The summed E-state index contributed by atoms with van der Waals surface area (Å²) in [5.74, 6) is 0.648. The Hall–Kier alpha value is -2.48. The first-order valence-electron chi connectivity index (χ1n) is 10.5. The summed E-state index contributed by atoms with van der Waals surface area (Å²) in [4.78, 5) is 26.6. The molecular weight excluding hydrogens is 388 g/mol. The average molecular weight is 421 g/mol. The summed E-state index contributed by atoms with van der Waals surface area (Å²) in [6, 6.07) is 3.65. The first kappa shape index (κ1) is 22.2. The van der Waals surface area contributed by atoms with Crippen LogP contribution in [0.2, 0.25) is 0 Å². The molecule has 2 amide bonds. The molecule has 1 aromatic carbocycles. The highest BCUT2D eigenvalue weighted by molar-refractivity contribution is 5.98. The second kappa shape index (κ2) is 9.12. The number of carbonyl (C=O) groups is 2. The highest BCUT2D eigenvalue weighted by Crippen LogP contribution is 2.34. The van der Waals surface area contributed by atoms with Crippen LogP contribution >= 0.6 is 0 Å². The number of aliphatic hydroxyl groups excluding tert-OH is 1. The predicted octanol–water partition coefficient (Wildman–Crippen LogP) is 2.50. The quantitative estimate of drug-likeness (QED) is 0.780. The van der Waals surface area contributed by atoms with Gasteiger partial charge in [-0.25, -0.2) is 4.79 Å². The highest BCUT2D eigenvalue weighted by Gasteiger charge is 2.33. The van der Waals surface area contributed by atoms with Crippen molar-refractivity contribution < 1.29 is 28.9 Å². The molecule has 2 N–H and O–H groups in total. The summed E-state index contributed by atoms with van der Waals surface area (Å²) in [5, 5.41) is 13.4. The van der Waals surface area contributed by atoms with Crippen molar-refractivity contribution in [3.63, 3.8) is 0 Å². The lowest BCUT2D eigenvalue weighted by Crippen LogP contribution is -2.50. The highest BCUT2D eigenvalue weighted by atomic mass is 16.6. The fourth-order valence-electron chi connectivity index (χ4n) is 3.61. The third-order valence-corrected chi connectivity index (χ3v) is 5.13. The van der Waals surface area contributed by atoms with Crippen LogP contribution in [0.4, 0.5) is 4.79 Å². The van der Waals surface area contributed by atoms with E-state index < -0.39 is 17.8 Å². The number of piperidine rings is 1. The minimum Gasteiger partial charge on any atom is -0.490 e. The monoisotopic (exact) mass is 420 g/mol. The SMILES string of the molecule is Cc1cc2c(c(C(=O)NC[C@@H]3CCN(C(=O)OC(C)(C)C)CC3O)c1)OCCCO2. The zero-order chi connectivity index (χ0) is 21.9. The molecule has 0 radical (unpaired) electrons. The molecule has 0 saturated carbocycles. The van der Waals surface area contributed by atoms with Crippen molar-refractivity contribution in [1.82, 2.24) is 10.2 Å². The molecule has 8 nitrogen and oxygen atoms in total. The van der Waals surface area contributed by atoms with Crippen molar-refractivity contribution >= 4 is 12.0 Å². The van der Waals surface area contributed by atoms with Crippen LogP contribution in [0.3, 0.4) is 0 Å². The number of amides is 2. The van der Waals surface area contributed by atoms with E-state index in [4.69, 9.17) is 14.2 Å². The molecule has 30 heavy (non-hydrogen) atoms. The number of hydrogen-bond donors (Lipinski definition) is 2. The molecule has 2 aliphatic rings. The van der Waals surface area contributed by atoms with Gasteiger partial charge in [-0.1, -0.05) is 0 Å². The number of aryl methyl sites for hydroxylation is 1. The number of nitrogens with zero attached hydrogens (tertiary/aromatic N) is 1. The number of ether oxygens (including phenoxy) is 3. The number of fused-ring (bicyclic) bond motifs is 1. The van der Waals surface area contributed by atoms with Crippen molar-refractivity contribution in [3.05, 3.63) is 23.3 Å². The predicted molar refractivity (Wildman–Crippen MR) is 111 cm³/mol. The van der Waals surface area contributed by atoms with Gasteiger partial charge >= 0.3 is 6.09 Å². The van der Waals surface area contributed by atoms with Gasteiger partial charge in [0.05, 0.1) is 31.4 Å². The Balaban J connectivity index is 1.58. The normalized spacial score (nSPS) is 21.6. The Kier molecular flexibility index (Phi) is 6.75. The molecule has 2 aliphatic heterocycles. The standard InChI is InChI=1S/C22H32N2O6/c1-14-10-16(19-18(11-14)28-8-5-9-29-19)20(26)23-12-15-6-7-24(13-17(15)25)21(27)30-22(2,3)4/h10-11,15,17,25H,5-9,12-13H2,1-4H3,(H,23,26)/t15-,17?/m0/s1. The molecular formula is C22H32N2O6. The van der Waals surface area contributed by atoms with Gasteiger partial charge < -0.3 is 29.5 Å². The minimum absolute atomic E-state index is 0.145. The molecule has 1 aromatic rings. The van der Waals surface area contributed by atoms with Crippen LogP contribution in [0.25, 0.3) is 0 Å². The van der Waals surface area contributed by atoms with Gasteiger partial charge in [0.15, 0.2) is 11.5 Å². The van der Waals surface area contributed by atoms with E-state index in [9.17, 15) is 14.7 Å². The largest absolute Gasteiger partial charge is 0.490 e. The minimum atomic E-state index is -0.735. The van der Waals surface area contributed by atoms with Crippen LogP contribution in [-0.4, -0.2) is 66.6 Å². The lowest BCUT2D eigenvalue weighted by molar-refractivity contribution is -0.0122. The molecule has 0 aliphatic carbocycles. The van der Waals surface area contributed by atoms with E-state index in [1.165, 1.54) is 4.90 Å². The van der Waals surface area contributed by atoms with Gasteiger partial charge in [-0.05, 0) is 51.8 Å². The van der Waals surface area contributed by atoms with Crippen LogP contribution in [0.15, 0.2) is 12.1 Å². The Labute approximate surface area is 177 Å². The van der Waals surface area contributed by atoms with E-state index in [1.54, 1.807) is 6.07 Å². The first-order chi connectivity index (χ1) is 14.1. The van der Waals surface area contributed by atoms with Crippen molar-refractivity contribution in [1.29, 1.82) is 0 Å². The summed E-state index contributed by atoms with van der Waals surface area (Å²) in [6.45, 7) is 9.36. The van der Waals surface area contributed by atoms with Gasteiger partial charge in [-0.15, -0.1) is 0 Å². The Morgan fingerprint density at radius 2 is 2.00 bits per heavy atom. The van der Waals surface area contributed by atoms with Crippen LogP contribution < -0.4 is 14.8 Å². The number of rotatable bonds is 3. The van der Waals surface area contributed by atoms with Gasteiger partial charge in [0.1, 0.15) is 5.60 Å². The Bertz CT molecular complexity index is 789. The van der Waals surface area contributed by atoms with Gasteiger partial charge in [-0.3, -0.25) is 4.79 Å². The van der Waals surface area contributed by atoms with Gasteiger partial charge in [-0.2, -0.15) is 0 Å². The first-order valence-corrected chi connectivity index (χ1v) is 10.5. The maximum atomic E-state index is 12.8. The molecule has 0 bridgehead atoms. The summed E-state index contributed by atoms with van der Waals surface area (Å²) >= 11 is 0. The molecule has 1 saturated heterocycles. The summed E-state index contributed by atoms with van der Waals surface area (Å²) in [7, 11) is 0. The summed E-state index contributed by atoms with van der Waals surface area (Å²) in [5.41, 5.74) is 0.771. The maximum Gasteiger partial charge on any atom is 0.410 e. The van der Waals surface area contributed by atoms with Gasteiger partial charge in [0.2, 0.25) is 0 Å². The van der Waals surface area contributed by atoms with E-state index in [0.717, 1.165) is 12.0 Å². The van der Waals surface area contributed by atoms with Crippen molar-refractivity contribution in [3.8, 4) is 11.5 Å². The molecule has 1 fully saturated rings. The fourth-order valence-corrected chi connectivity index (χ4v) is 3.61. The van der Waals surface area contributed by atoms with E-state index in [2.05, 4.69) is 5.32 Å². The lowest BCUT2D eigenvalue weighted by Gasteiger charge is -2.36. The smallest absolute Gasteiger partial charge is 0.410 e. The Morgan fingerprint density at radius 1 is 1.27 bits per heavy atom. The zero-order valence-corrected chi connectivity index (χ0v) is 18.2. The molecule has 1 unspecified atom stereocenters. The van der Waals surface area contributed by atoms with Gasteiger partial charge in [0, 0.05) is 25.4 Å². The number of carbonyl (C=O) groups excluding carboxylic acids is 2. The number of β-amino-alcohol motifs (C(OH)–C–C–N with tert-alkyl or cyclic N) is 1. The second-order valence-corrected chi connectivity index (χ2v) is 8.94. The Morgan fingerprint density at radius 3 is 2.70 bits per heavy atom.